The highest BCUT2D eigenvalue weighted by Gasteiger charge is 2.96. The van der Waals surface area contributed by atoms with E-state index in [4.69, 9.17) is 9.47 Å². The summed E-state index contributed by atoms with van der Waals surface area (Å²) in [6.07, 6.45) is 1.39. The lowest BCUT2D eigenvalue weighted by Crippen LogP contribution is -2.57. The predicted octanol–water partition coefficient (Wildman–Crippen LogP) is 1.44. The molecule has 0 amide bonds. The van der Waals surface area contributed by atoms with Gasteiger partial charge >= 0.3 is 11.9 Å². The average molecular weight is 286 g/mol. The van der Waals surface area contributed by atoms with Gasteiger partial charge in [-0.1, -0.05) is 0 Å². The minimum atomic E-state index is -1.09. The van der Waals surface area contributed by atoms with Crippen molar-refractivity contribution in [1.29, 1.82) is 0 Å². The summed E-state index contributed by atoms with van der Waals surface area (Å²) in [6.45, 7) is 3.33. The Balaban J connectivity index is 1.48. The summed E-state index contributed by atoms with van der Waals surface area (Å²) in [7, 11) is 0. The van der Waals surface area contributed by atoms with Crippen molar-refractivity contribution in [3.63, 3.8) is 0 Å². The van der Waals surface area contributed by atoms with Gasteiger partial charge in [0.1, 0.15) is 0 Å². The number of cyclic esters (lactones) is 2. The van der Waals surface area contributed by atoms with Crippen LogP contribution in [0.5, 0.6) is 0 Å². The maximum Gasteiger partial charge on any atom is 0.327 e. The van der Waals surface area contributed by atoms with Crippen LogP contribution in [0.3, 0.4) is 0 Å². The van der Waals surface area contributed by atoms with Crippen LogP contribution in [0, 0.1) is 64.6 Å². The molecule has 10 atom stereocenters. The Labute approximate surface area is 122 Å². The Kier molecular flexibility index (Phi) is 1.24. The molecule has 1 aliphatic heterocycles. The first kappa shape index (κ1) is 10.6. The van der Waals surface area contributed by atoms with Crippen LogP contribution >= 0.6 is 0 Å². The van der Waals surface area contributed by atoms with E-state index in [1.165, 1.54) is 6.42 Å². The Morgan fingerprint density at radius 2 is 1.29 bits per heavy atom. The predicted molar refractivity (Wildman–Crippen MR) is 68.2 cm³/mol. The lowest BCUT2D eigenvalue weighted by atomic mass is 9.60. The molecule has 7 saturated carbocycles. The fourth-order valence-electron chi connectivity index (χ4n) is 9.23. The summed E-state index contributed by atoms with van der Waals surface area (Å²) in [4.78, 5) is 25.9. The van der Waals surface area contributed by atoms with Gasteiger partial charge in [-0.2, -0.15) is 0 Å². The normalized spacial score (nSPS) is 67.1. The molecule has 1 saturated heterocycles. The molecule has 0 aromatic rings. The van der Waals surface area contributed by atoms with E-state index in [1.54, 1.807) is 13.8 Å². The van der Waals surface area contributed by atoms with Crippen LogP contribution in [0.25, 0.3) is 0 Å². The average Bonchev–Trinajstić information content (AvgIpc) is 2.95. The van der Waals surface area contributed by atoms with Crippen LogP contribution in [-0.2, 0) is 19.1 Å². The van der Waals surface area contributed by atoms with Gasteiger partial charge in [0.15, 0.2) is 5.41 Å². The SMILES string of the molecule is CC1(C)OC(=O)C2(C(=O)O1)[C@@H]1[C@@H]3[C@@H]4[C@@H]5C[C@H]6[C@H]4[C@@H]3[C@H]2[C@H]6[C@@H]51. The second kappa shape index (κ2) is 2.44. The lowest BCUT2D eigenvalue weighted by molar-refractivity contribution is -0.255. The molecule has 4 nitrogen and oxygen atoms in total. The van der Waals surface area contributed by atoms with Crippen LogP contribution in [0.15, 0.2) is 0 Å². The van der Waals surface area contributed by atoms with E-state index < -0.39 is 11.2 Å². The van der Waals surface area contributed by atoms with Gasteiger partial charge in [0, 0.05) is 13.8 Å². The van der Waals surface area contributed by atoms with Gasteiger partial charge in [-0.3, -0.25) is 9.59 Å². The van der Waals surface area contributed by atoms with Crippen molar-refractivity contribution < 1.29 is 19.1 Å². The van der Waals surface area contributed by atoms with Crippen LogP contribution < -0.4 is 0 Å². The molecule has 110 valence electrons. The quantitative estimate of drug-likeness (QED) is 0.499. The largest absolute Gasteiger partial charge is 0.422 e. The van der Waals surface area contributed by atoms with Crippen LogP contribution in [0.1, 0.15) is 20.3 Å². The van der Waals surface area contributed by atoms with Crippen LogP contribution in [-0.4, -0.2) is 17.7 Å². The number of carbonyl (C=O) groups excluding carboxylic acids is 2. The van der Waals surface area contributed by atoms with Crippen molar-refractivity contribution in [2.75, 3.05) is 0 Å². The van der Waals surface area contributed by atoms with Crippen molar-refractivity contribution in [3.05, 3.63) is 0 Å². The zero-order valence-electron chi connectivity index (χ0n) is 12.1. The Morgan fingerprint density at radius 3 is 1.76 bits per heavy atom. The molecule has 0 unspecified atom stereocenters. The molecule has 8 aliphatic rings. The molecule has 21 heavy (non-hydrogen) atoms. The van der Waals surface area contributed by atoms with Crippen LogP contribution in [0.4, 0.5) is 0 Å². The molecule has 0 aromatic heterocycles. The van der Waals surface area contributed by atoms with E-state index in [0.29, 0.717) is 23.7 Å². The third kappa shape index (κ3) is 0.687. The van der Waals surface area contributed by atoms with Gasteiger partial charge in [0.05, 0.1) is 0 Å². The van der Waals surface area contributed by atoms with E-state index in [-0.39, 0.29) is 23.8 Å². The summed E-state index contributed by atoms with van der Waals surface area (Å²) in [6, 6.07) is 0. The molecule has 4 bridgehead atoms. The second-order valence-electron chi connectivity index (χ2n) is 9.13. The zero-order chi connectivity index (χ0) is 14.0. The highest BCUT2D eigenvalue weighted by atomic mass is 16.7. The van der Waals surface area contributed by atoms with Crippen molar-refractivity contribution in [1.82, 2.24) is 0 Å². The maximum atomic E-state index is 13.0. The third-order valence-corrected chi connectivity index (χ3v) is 8.81. The molecular weight excluding hydrogens is 268 g/mol. The maximum absolute atomic E-state index is 13.0. The smallest absolute Gasteiger partial charge is 0.327 e. The van der Waals surface area contributed by atoms with Crippen molar-refractivity contribution in [2.24, 2.45) is 64.6 Å². The van der Waals surface area contributed by atoms with E-state index in [2.05, 4.69) is 0 Å². The molecule has 0 N–H and O–H groups in total. The molecule has 8 fully saturated rings. The van der Waals surface area contributed by atoms with E-state index in [9.17, 15) is 9.59 Å². The van der Waals surface area contributed by atoms with Gasteiger partial charge in [-0.25, -0.2) is 0 Å². The van der Waals surface area contributed by atoms with E-state index in [1.807, 2.05) is 0 Å². The number of esters is 2. The summed E-state index contributed by atoms with van der Waals surface area (Å²) in [5.41, 5.74) is -0.906. The number of carbonyl (C=O) groups is 2. The molecule has 8 rings (SSSR count). The highest BCUT2D eigenvalue weighted by Crippen LogP contribution is 2.94. The first-order chi connectivity index (χ1) is 9.98. The van der Waals surface area contributed by atoms with Crippen molar-refractivity contribution in [2.45, 2.75) is 26.1 Å². The van der Waals surface area contributed by atoms with Gasteiger partial charge < -0.3 is 9.47 Å². The number of hydrogen-bond donors (Lipinski definition) is 0. The van der Waals surface area contributed by atoms with Gasteiger partial charge in [0.25, 0.3) is 5.79 Å². The number of ether oxygens (including phenoxy) is 2. The fourth-order valence-corrected chi connectivity index (χ4v) is 9.23. The van der Waals surface area contributed by atoms with Crippen LogP contribution in [0.2, 0.25) is 0 Å². The summed E-state index contributed by atoms with van der Waals surface area (Å²) >= 11 is 0. The third-order valence-electron chi connectivity index (χ3n) is 8.81. The molecule has 7 aliphatic carbocycles. The van der Waals surface area contributed by atoms with Gasteiger partial charge in [0.2, 0.25) is 0 Å². The zero-order valence-corrected chi connectivity index (χ0v) is 12.1. The minimum absolute atomic E-state index is 0.249. The first-order valence-corrected chi connectivity index (χ1v) is 8.45. The number of rotatable bonds is 0. The summed E-state index contributed by atoms with van der Waals surface area (Å²) in [5, 5.41) is 0. The summed E-state index contributed by atoms with van der Waals surface area (Å²) < 4.78 is 11.2. The standard InChI is InChI=1S/C17H18O4/c1-16(2)20-14(18)17(15(19)21-16)12-8-4-3-5-7-6(4)10(12)11(7)13(17)9(5)8/h4-13H,3H2,1-2H3/t4-,5-,6+,7+,8+,9+,10-,11+,12+,13-/m0/s1. The molecule has 1 spiro atoms. The van der Waals surface area contributed by atoms with E-state index in [0.717, 1.165) is 23.7 Å². The number of hydrogen-bond acceptors (Lipinski definition) is 4. The first-order valence-electron chi connectivity index (χ1n) is 8.45. The highest BCUT2D eigenvalue weighted by molar-refractivity contribution is 6.04. The molecular formula is C17H18O4. The topological polar surface area (TPSA) is 52.6 Å². The van der Waals surface area contributed by atoms with Crippen molar-refractivity contribution in [3.8, 4) is 0 Å². The Morgan fingerprint density at radius 1 is 0.810 bits per heavy atom. The molecule has 0 aromatic carbocycles. The van der Waals surface area contributed by atoms with E-state index >= 15 is 0 Å². The Bertz CT molecular complexity index is 608. The van der Waals surface area contributed by atoms with Gasteiger partial charge in [-0.15, -0.1) is 0 Å². The second-order valence-corrected chi connectivity index (χ2v) is 9.13. The molecule has 0 radical (unpaired) electrons. The molecule has 1 heterocycles. The lowest BCUT2D eigenvalue weighted by Gasteiger charge is -2.44. The summed E-state index contributed by atoms with van der Waals surface area (Å²) in [5.74, 6) is 4.78. The van der Waals surface area contributed by atoms with Crippen molar-refractivity contribution >= 4 is 11.9 Å². The van der Waals surface area contributed by atoms with Gasteiger partial charge in [-0.05, 0) is 65.6 Å². The molecule has 4 heteroatoms. The monoisotopic (exact) mass is 286 g/mol. The fraction of sp³-hybridized carbons (Fsp3) is 0.882. The minimum Gasteiger partial charge on any atom is -0.422 e. The Hall–Kier alpha value is -1.06.